The molecule has 9 heavy (non-hydrogen) atoms. The Morgan fingerprint density at radius 1 is 1.67 bits per heavy atom. The summed E-state index contributed by atoms with van der Waals surface area (Å²) in [4.78, 5) is 13.8. The van der Waals surface area contributed by atoms with Crippen LogP contribution in [0.15, 0.2) is 0 Å². The van der Waals surface area contributed by atoms with E-state index in [4.69, 9.17) is 0 Å². The van der Waals surface area contributed by atoms with E-state index in [0.717, 1.165) is 13.0 Å². The SMILES string of the molecule is CC(C)CCNOC=O. The van der Waals surface area contributed by atoms with Crippen LogP contribution in [0.4, 0.5) is 0 Å². The van der Waals surface area contributed by atoms with Gasteiger partial charge in [-0.05, 0) is 12.3 Å². The third kappa shape index (κ3) is 7.43. The summed E-state index contributed by atoms with van der Waals surface area (Å²) in [6.45, 7) is 5.35. The molecule has 0 heterocycles. The van der Waals surface area contributed by atoms with Crippen molar-refractivity contribution in [1.29, 1.82) is 0 Å². The van der Waals surface area contributed by atoms with Gasteiger partial charge in [0.25, 0.3) is 0 Å². The van der Waals surface area contributed by atoms with Gasteiger partial charge in [-0.25, -0.2) is 0 Å². The van der Waals surface area contributed by atoms with Crippen molar-refractivity contribution >= 4 is 6.47 Å². The molecule has 3 nitrogen and oxygen atoms in total. The number of carbonyl (C=O) groups excluding carboxylic acids is 1. The van der Waals surface area contributed by atoms with Crippen molar-refractivity contribution < 1.29 is 9.63 Å². The average molecular weight is 131 g/mol. The summed E-state index contributed by atoms with van der Waals surface area (Å²) in [7, 11) is 0. The van der Waals surface area contributed by atoms with E-state index in [1.165, 1.54) is 0 Å². The molecule has 0 amide bonds. The van der Waals surface area contributed by atoms with E-state index in [1.54, 1.807) is 0 Å². The molecule has 0 radical (unpaired) electrons. The number of hydrogen-bond acceptors (Lipinski definition) is 3. The van der Waals surface area contributed by atoms with Crippen molar-refractivity contribution in [2.45, 2.75) is 20.3 Å². The molecule has 0 aromatic heterocycles. The van der Waals surface area contributed by atoms with Gasteiger partial charge in [0, 0.05) is 6.54 Å². The number of hydrogen-bond donors (Lipinski definition) is 1. The molecule has 0 fully saturated rings. The normalized spacial score (nSPS) is 9.67. The molecule has 0 saturated heterocycles. The first-order valence-corrected chi connectivity index (χ1v) is 3.09. The summed E-state index contributed by atoms with van der Waals surface area (Å²) in [6, 6.07) is 0. The molecule has 0 aromatic rings. The van der Waals surface area contributed by atoms with E-state index in [9.17, 15) is 4.79 Å². The molecule has 0 unspecified atom stereocenters. The first-order valence-electron chi connectivity index (χ1n) is 3.09. The zero-order valence-electron chi connectivity index (χ0n) is 5.89. The fourth-order valence-electron chi connectivity index (χ4n) is 0.441. The van der Waals surface area contributed by atoms with Crippen molar-refractivity contribution in [3.05, 3.63) is 0 Å². The second kappa shape index (κ2) is 5.56. The molecular weight excluding hydrogens is 118 g/mol. The first kappa shape index (κ1) is 8.43. The van der Waals surface area contributed by atoms with Gasteiger partial charge < -0.3 is 4.84 Å². The minimum Gasteiger partial charge on any atom is -0.374 e. The fourth-order valence-corrected chi connectivity index (χ4v) is 0.441. The summed E-state index contributed by atoms with van der Waals surface area (Å²) < 4.78 is 0. The molecular formula is C6H13NO2. The lowest BCUT2D eigenvalue weighted by molar-refractivity contribution is -0.135. The zero-order valence-corrected chi connectivity index (χ0v) is 5.89. The van der Waals surface area contributed by atoms with Crippen LogP contribution in [-0.4, -0.2) is 13.0 Å². The van der Waals surface area contributed by atoms with Gasteiger partial charge in [0.2, 0.25) is 0 Å². The molecule has 54 valence electrons. The van der Waals surface area contributed by atoms with E-state index in [1.807, 2.05) is 0 Å². The van der Waals surface area contributed by atoms with Gasteiger partial charge in [-0.1, -0.05) is 13.8 Å². The lowest BCUT2D eigenvalue weighted by Gasteiger charge is -2.02. The van der Waals surface area contributed by atoms with Crippen molar-refractivity contribution in [2.75, 3.05) is 6.54 Å². The Kier molecular flexibility index (Phi) is 5.21. The minimum atomic E-state index is 0.389. The molecule has 0 rings (SSSR count). The highest BCUT2D eigenvalue weighted by atomic mass is 16.7. The topological polar surface area (TPSA) is 38.3 Å². The third-order valence-electron chi connectivity index (χ3n) is 0.955. The van der Waals surface area contributed by atoms with E-state index in [0.29, 0.717) is 12.4 Å². The van der Waals surface area contributed by atoms with Crippen molar-refractivity contribution in [3.63, 3.8) is 0 Å². The lowest BCUT2D eigenvalue weighted by Crippen LogP contribution is -2.16. The Labute approximate surface area is 55.3 Å². The van der Waals surface area contributed by atoms with Gasteiger partial charge in [0.1, 0.15) is 0 Å². The number of carbonyl (C=O) groups is 1. The first-order chi connectivity index (χ1) is 4.27. The smallest absolute Gasteiger partial charge is 0.312 e. The summed E-state index contributed by atoms with van der Waals surface area (Å²) in [5.41, 5.74) is 2.50. The molecule has 0 bridgehead atoms. The highest BCUT2D eigenvalue weighted by molar-refractivity contribution is 5.36. The number of nitrogens with one attached hydrogen (secondary N) is 1. The van der Waals surface area contributed by atoms with Crippen LogP contribution in [0, 0.1) is 5.92 Å². The Morgan fingerprint density at radius 3 is 2.78 bits per heavy atom. The quantitative estimate of drug-likeness (QED) is 0.339. The number of rotatable bonds is 5. The van der Waals surface area contributed by atoms with Gasteiger partial charge in [0.15, 0.2) is 0 Å². The Bertz CT molecular complexity index is 73.5. The van der Waals surface area contributed by atoms with Crippen LogP contribution in [0.3, 0.4) is 0 Å². The van der Waals surface area contributed by atoms with Crippen LogP contribution in [-0.2, 0) is 9.63 Å². The molecule has 1 N–H and O–H groups in total. The van der Waals surface area contributed by atoms with Crippen LogP contribution in [0.25, 0.3) is 0 Å². The third-order valence-corrected chi connectivity index (χ3v) is 0.955. The number of hydroxylamine groups is 1. The molecule has 0 aliphatic rings. The molecule has 0 spiro atoms. The average Bonchev–Trinajstić information content (AvgIpc) is 1.80. The van der Waals surface area contributed by atoms with Crippen LogP contribution in [0.2, 0.25) is 0 Å². The van der Waals surface area contributed by atoms with Crippen LogP contribution in [0.1, 0.15) is 20.3 Å². The maximum Gasteiger partial charge on any atom is 0.312 e. The minimum absolute atomic E-state index is 0.389. The molecule has 3 heteroatoms. The maximum absolute atomic E-state index is 9.56. The zero-order chi connectivity index (χ0) is 7.11. The van der Waals surface area contributed by atoms with E-state index < -0.39 is 0 Å². The van der Waals surface area contributed by atoms with E-state index in [-0.39, 0.29) is 0 Å². The summed E-state index contributed by atoms with van der Waals surface area (Å²) >= 11 is 0. The van der Waals surface area contributed by atoms with Gasteiger partial charge in [-0.15, -0.1) is 0 Å². The predicted molar refractivity (Wildman–Crippen MR) is 34.6 cm³/mol. The largest absolute Gasteiger partial charge is 0.374 e. The monoisotopic (exact) mass is 131 g/mol. The Balaban J connectivity index is 2.82. The summed E-state index contributed by atoms with van der Waals surface area (Å²) in [5.74, 6) is 0.646. The molecule has 0 aliphatic carbocycles. The van der Waals surface area contributed by atoms with E-state index in [2.05, 4.69) is 24.2 Å². The van der Waals surface area contributed by atoms with Gasteiger partial charge in [-0.2, -0.15) is 5.48 Å². The second-order valence-electron chi connectivity index (χ2n) is 2.29. The predicted octanol–water partition coefficient (Wildman–Crippen LogP) is 0.710. The van der Waals surface area contributed by atoms with Crippen molar-refractivity contribution in [2.24, 2.45) is 5.92 Å². The summed E-state index contributed by atoms with van der Waals surface area (Å²) in [5, 5.41) is 0. The summed E-state index contributed by atoms with van der Waals surface area (Å²) in [6.07, 6.45) is 1.02. The van der Waals surface area contributed by atoms with Crippen LogP contribution in [0.5, 0.6) is 0 Å². The van der Waals surface area contributed by atoms with Crippen LogP contribution < -0.4 is 5.48 Å². The van der Waals surface area contributed by atoms with Gasteiger partial charge in [-0.3, -0.25) is 4.79 Å². The lowest BCUT2D eigenvalue weighted by atomic mass is 10.1. The Hall–Kier alpha value is -0.570. The van der Waals surface area contributed by atoms with Gasteiger partial charge >= 0.3 is 6.47 Å². The Morgan fingerprint density at radius 2 is 2.33 bits per heavy atom. The highest BCUT2D eigenvalue weighted by Gasteiger charge is 1.91. The van der Waals surface area contributed by atoms with E-state index >= 15 is 0 Å². The van der Waals surface area contributed by atoms with Gasteiger partial charge in [0.05, 0.1) is 0 Å². The molecule has 0 aromatic carbocycles. The maximum atomic E-state index is 9.56. The van der Waals surface area contributed by atoms with Crippen molar-refractivity contribution in [1.82, 2.24) is 5.48 Å². The fraction of sp³-hybridized carbons (Fsp3) is 0.833. The highest BCUT2D eigenvalue weighted by Crippen LogP contribution is 1.95. The van der Waals surface area contributed by atoms with Crippen molar-refractivity contribution in [3.8, 4) is 0 Å². The molecule has 0 aliphatic heterocycles. The second-order valence-corrected chi connectivity index (χ2v) is 2.29. The standard InChI is InChI=1S/C6H13NO2/c1-6(2)3-4-7-9-5-8/h5-7H,3-4H2,1-2H3. The molecule has 0 saturated carbocycles. The molecule has 0 atom stereocenters. The van der Waals surface area contributed by atoms with Crippen LogP contribution >= 0.6 is 0 Å².